The summed E-state index contributed by atoms with van der Waals surface area (Å²) in [5, 5.41) is 10.6. The van der Waals surface area contributed by atoms with Gasteiger partial charge in [-0.1, -0.05) is 18.2 Å². The van der Waals surface area contributed by atoms with Gasteiger partial charge in [0.2, 0.25) is 10.0 Å². The van der Waals surface area contributed by atoms with E-state index in [4.69, 9.17) is 0 Å². The largest absolute Gasteiger partial charge is 0.344 e. The van der Waals surface area contributed by atoms with E-state index in [1.54, 1.807) is 30.3 Å². The Morgan fingerprint density at radius 3 is 2.81 bits per heavy atom. The quantitative estimate of drug-likeness (QED) is 0.695. The first-order chi connectivity index (χ1) is 12.8. The second kappa shape index (κ2) is 8.10. The summed E-state index contributed by atoms with van der Waals surface area (Å²) in [4.78, 5) is 12.6. The number of para-hydroxylation sites is 1. The Morgan fingerprint density at radius 1 is 1.33 bits per heavy atom. The van der Waals surface area contributed by atoms with Gasteiger partial charge in [0.15, 0.2) is 0 Å². The van der Waals surface area contributed by atoms with Crippen LogP contribution in [-0.4, -0.2) is 43.5 Å². The third-order valence-corrected chi connectivity index (χ3v) is 5.15. The lowest BCUT2D eigenvalue weighted by atomic mass is 10.1. The van der Waals surface area contributed by atoms with Crippen molar-refractivity contribution in [3.05, 3.63) is 47.8 Å². The maximum absolute atomic E-state index is 12.6. The molecule has 8 nitrogen and oxygen atoms in total. The number of hydrogen-bond donors (Lipinski definition) is 3. The van der Waals surface area contributed by atoms with Crippen LogP contribution in [0, 0.1) is 0 Å². The van der Waals surface area contributed by atoms with Crippen LogP contribution < -0.4 is 15.4 Å². The summed E-state index contributed by atoms with van der Waals surface area (Å²) in [6, 6.07) is 8.58. The summed E-state index contributed by atoms with van der Waals surface area (Å²) >= 11 is 0. The fraction of sp³-hybridized carbons (Fsp3) is 0.444. The van der Waals surface area contributed by atoms with Crippen LogP contribution in [0.4, 0.5) is 5.69 Å². The number of rotatable bonds is 6. The van der Waals surface area contributed by atoms with Gasteiger partial charge in [-0.3, -0.25) is 14.2 Å². The fourth-order valence-electron chi connectivity index (χ4n) is 3.24. The van der Waals surface area contributed by atoms with Crippen molar-refractivity contribution in [3.8, 4) is 0 Å². The molecule has 2 atom stereocenters. The van der Waals surface area contributed by atoms with Gasteiger partial charge in [-0.25, -0.2) is 8.42 Å². The van der Waals surface area contributed by atoms with E-state index in [-0.39, 0.29) is 18.0 Å². The number of nitrogens with one attached hydrogen (secondary N) is 3. The number of sulfonamides is 1. The van der Waals surface area contributed by atoms with Crippen molar-refractivity contribution in [1.29, 1.82) is 0 Å². The zero-order valence-corrected chi connectivity index (χ0v) is 16.3. The molecule has 1 aliphatic rings. The normalized spacial score (nSPS) is 18.7. The van der Waals surface area contributed by atoms with Crippen molar-refractivity contribution in [2.45, 2.75) is 31.8 Å². The Balaban J connectivity index is 1.70. The minimum absolute atomic E-state index is 0.261. The summed E-state index contributed by atoms with van der Waals surface area (Å²) in [5.41, 5.74) is 1.49. The molecule has 2 aromatic rings. The Morgan fingerprint density at radius 2 is 2.11 bits per heavy atom. The Bertz CT molecular complexity index is 903. The maximum atomic E-state index is 12.6. The Labute approximate surface area is 159 Å². The molecule has 0 bridgehead atoms. The summed E-state index contributed by atoms with van der Waals surface area (Å²) in [5.74, 6) is -0.292. The second-order valence-corrected chi connectivity index (χ2v) is 8.59. The first kappa shape index (κ1) is 19.4. The number of nitrogens with zero attached hydrogens (tertiary/aromatic N) is 2. The highest BCUT2D eigenvalue weighted by atomic mass is 32.2. The van der Waals surface area contributed by atoms with Gasteiger partial charge in [-0.15, -0.1) is 0 Å². The van der Waals surface area contributed by atoms with Gasteiger partial charge in [0.1, 0.15) is 5.69 Å². The lowest BCUT2D eigenvalue weighted by Crippen LogP contribution is -2.32. The highest BCUT2D eigenvalue weighted by molar-refractivity contribution is 7.92. The van der Waals surface area contributed by atoms with Crippen LogP contribution in [0.2, 0.25) is 0 Å². The first-order valence-corrected chi connectivity index (χ1v) is 10.9. The number of carbonyl (C=O) groups excluding carboxylic acids is 1. The molecule has 1 saturated heterocycles. The van der Waals surface area contributed by atoms with Crippen molar-refractivity contribution in [1.82, 2.24) is 20.4 Å². The predicted octanol–water partition coefficient (Wildman–Crippen LogP) is 1.67. The summed E-state index contributed by atoms with van der Waals surface area (Å²) in [6.45, 7) is 3.68. The number of anilines is 1. The third-order valence-electron chi connectivity index (χ3n) is 4.56. The summed E-state index contributed by atoms with van der Waals surface area (Å²) in [7, 11) is -3.41. The molecule has 1 aromatic heterocycles. The minimum Gasteiger partial charge on any atom is -0.344 e. The monoisotopic (exact) mass is 391 g/mol. The number of aromatic nitrogens is 2. The zero-order valence-electron chi connectivity index (χ0n) is 15.5. The van der Waals surface area contributed by atoms with Gasteiger partial charge in [-0.2, -0.15) is 5.10 Å². The fourth-order valence-corrected chi connectivity index (χ4v) is 3.82. The standard InChI is InChI=1S/C18H25N5O3S/c1-13(15-7-3-4-8-16(15)22-27(2,25)26)20-18(24)17-9-11-23(21-17)14-6-5-10-19-12-14/h3-4,7-9,11,13-14,19,22H,5-6,10,12H2,1-2H3,(H,20,24). The van der Waals surface area contributed by atoms with Crippen molar-refractivity contribution in [2.75, 3.05) is 24.1 Å². The number of hydrogen-bond acceptors (Lipinski definition) is 5. The molecule has 1 aromatic carbocycles. The molecule has 0 aliphatic carbocycles. The molecule has 0 radical (unpaired) electrons. The van der Waals surface area contributed by atoms with E-state index in [9.17, 15) is 13.2 Å². The third kappa shape index (κ3) is 5.08. The molecule has 146 valence electrons. The molecule has 1 amide bonds. The first-order valence-electron chi connectivity index (χ1n) is 8.97. The topological polar surface area (TPSA) is 105 Å². The van der Waals surface area contributed by atoms with Gasteiger partial charge in [-0.05, 0) is 44.0 Å². The van der Waals surface area contributed by atoms with Crippen LogP contribution in [0.3, 0.4) is 0 Å². The van der Waals surface area contributed by atoms with E-state index in [0.717, 1.165) is 32.2 Å². The number of benzene rings is 1. The molecule has 1 aliphatic heterocycles. The van der Waals surface area contributed by atoms with Crippen molar-refractivity contribution in [2.24, 2.45) is 0 Å². The molecule has 9 heteroatoms. The van der Waals surface area contributed by atoms with Gasteiger partial charge in [0.05, 0.1) is 24.0 Å². The van der Waals surface area contributed by atoms with Crippen LogP contribution in [-0.2, 0) is 10.0 Å². The molecule has 2 heterocycles. The molecule has 0 saturated carbocycles. The van der Waals surface area contributed by atoms with Gasteiger partial charge < -0.3 is 10.6 Å². The molecule has 0 spiro atoms. The van der Waals surface area contributed by atoms with Crippen LogP contribution in [0.15, 0.2) is 36.5 Å². The second-order valence-electron chi connectivity index (χ2n) is 6.84. The highest BCUT2D eigenvalue weighted by Gasteiger charge is 2.20. The minimum atomic E-state index is -3.41. The average molecular weight is 391 g/mol. The maximum Gasteiger partial charge on any atom is 0.272 e. The van der Waals surface area contributed by atoms with Gasteiger partial charge >= 0.3 is 0 Å². The van der Waals surface area contributed by atoms with Crippen LogP contribution in [0.5, 0.6) is 0 Å². The lowest BCUT2D eigenvalue weighted by molar-refractivity contribution is 0.0933. The number of piperidine rings is 1. The molecule has 1 fully saturated rings. The Kier molecular flexibility index (Phi) is 5.81. The van der Waals surface area contributed by atoms with Gasteiger partial charge in [0, 0.05) is 12.7 Å². The smallest absolute Gasteiger partial charge is 0.272 e. The van der Waals surface area contributed by atoms with E-state index in [1.165, 1.54) is 0 Å². The zero-order chi connectivity index (χ0) is 19.4. The highest BCUT2D eigenvalue weighted by Crippen LogP contribution is 2.24. The molecular formula is C18H25N5O3S. The molecule has 27 heavy (non-hydrogen) atoms. The average Bonchev–Trinajstić information content (AvgIpc) is 3.12. The molecular weight excluding hydrogens is 366 g/mol. The van der Waals surface area contributed by atoms with E-state index in [0.29, 0.717) is 16.9 Å². The van der Waals surface area contributed by atoms with Crippen LogP contribution >= 0.6 is 0 Å². The lowest BCUT2D eigenvalue weighted by Gasteiger charge is -2.23. The van der Waals surface area contributed by atoms with Crippen molar-refractivity contribution in [3.63, 3.8) is 0 Å². The van der Waals surface area contributed by atoms with Crippen molar-refractivity contribution >= 4 is 21.6 Å². The molecule has 3 N–H and O–H groups in total. The van der Waals surface area contributed by atoms with E-state index in [1.807, 2.05) is 17.8 Å². The Hall–Kier alpha value is -2.39. The summed E-state index contributed by atoms with van der Waals surface area (Å²) < 4.78 is 27.4. The predicted molar refractivity (Wildman–Crippen MR) is 104 cm³/mol. The van der Waals surface area contributed by atoms with E-state index in [2.05, 4.69) is 20.5 Å². The summed E-state index contributed by atoms with van der Waals surface area (Å²) in [6.07, 6.45) is 5.06. The molecule has 2 unspecified atom stereocenters. The number of carbonyl (C=O) groups is 1. The van der Waals surface area contributed by atoms with E-state index < -0.39 is 10.0 Å². The van der Waals surface area contributed by atoms with E-state index >= 15 is 0 Å². The molecule has 3 rings (SSSR count). The van der Waals surface area contributed by atoms with Crippen molar-refractivity contribution < 1.29 is 13.2 Å². The van der Waals surface area contributed by atoms with Crippen LogP contribution in [0.25, 0.3) is 0 Å². The number of amides is 1. The SMILES string of the molecule is CC(NC(=O)c1ccn(C2CCCNC2)n1)c1ccccc1NS(C)(=O)=O. The van der Waals surface area contributed by atoms with Gasteiger partial charge in [0.25, 0.3) is 5.91 Å². The van der Waals surface area contributed by atoms with Crippen LogP contribution in [0.1, 0.15) is 47.9 Å².